The summed E-state index contributed by atoms with van der Waals surface area (Å²) in [5, 5.41) is 4.58. The van der Waals surface area contributed by atoms with Gasteiger partial charge in [-0.15, -0.1) is 22.7 Å². The van der Waals surface area contributed by atoms with Gasteiger partial charge in [0.05, 0.1) is 10.2 Å². The van der Waals surface area contributed by atoms with Gasteiger partial charge < -0.3 is 5.32 Å². The van der Waals surface area contributed by atoms with E-state index in [0.717, 1.165) is 43.6 Å². The van der Waals surface area contributed by atoms with E-state index >= 15 is 0 Å². The molecule has 4 nitrogen and oxygen atoms in total. The predicted molar refractivity (Wildman–Crippen MR) is 114 cm³/mol. The maximum Gasteiger partial charge on any atom is 0.251 e. The molecule has 1 fully saturated rings. The van der Waals surface area contributed by atoms with E-state index in [-0.39, 0.29) is 24.8 Å². The molecule has 1 aliphatic heterocycles. The molecule has 150 valence electrons. The summed E-state index contributed by atoms with van der Waals surface area (Å²) in [5.74, 6) is -2.78. The van der Waals surface area contributed by atoms with Crippen molar-refractivity contribution in [3.8, 4) is 10.6 Å². The van der Waals surface area contributed by atoms with Crippen LogP contribution in [0.3, 0.4) is 0 Å². The van der Waals surface area contributed by atoms with Gasteiger partial charge in [0.1, 0.15) is 10.0 Å². The van der Waals surface area contributed by atoms with Crippen LogP contribution in [-0.4, -0.2) is 34.3 Å². The highest BCUT2D eigenvalue weighted by Gasteiger charge is 2.48. The lowest BCUT2D eigenvalue weighted by Gasteiger charge is -2.44. The lowest BCUT2D eigenvalue weighted by molar-refractivity contribution is -0.126. The molecular formula is C21H19F2N3OS2. The van der Waals surface area contributed by atoms with E-state index in [0.29, 0.717) is 6.54 Å². The normalized spacial score (nSPS) is 19.0. The number of aromatic nitrogens is 1. The van der Waals surface area contributed by atoms with Gasteiger partial charge in [-0.3, -0.25) is 9.69 Å². The number of thiazole rings is 1. The predicted octanol–water partition coefficient (Wildman–Crippen LogP) is 5.31. The van der Waals surface area contributed by atoms with E-state index < -0.39 is 5.92 Å². The van der Waals surface area contributed by atoms with Gasteiger partial charge in [-0.1, -0.05) is 18.7 Å². The molecule has 3 heterocycles. The number of carbonyl (C=O) groups is 1. The fraction of sp³-hybridized carbons (Fsp3) is 0.333. The van der Waals surface area contributed by atoms with Crippen molar-refractivity contribution in [2.24, 2.45) is 0 Å². The topological polar surface area (TPSA) is 45.2 Å². The zero-order valence-corrected chi connectivity index (χ0v) is 17.2. The first kappa shape index (κ1) is 18.8. The number of anilines is 1. The Kier molecular flexibility index (Phi) is 4.53. The summed E-state index contributed by atoms with van der Waals surface area (Å²) in [6.45, 7) is 4.93. The van der Waals surface area contributed by atoms with Crippen LogP contribution in [-0.2, 0) is 17.8 Å². The Hall–Kier alpha value is -2.16. The van der Waals surface area contributed by atoms with Gasteiger partial charge in [-0.2, -0.15) is 0 Å². The number of carbonyl (C=O) groups excluding carboxylic acids is 1. The Bertz CT molecular complexity index is 1080. The van der Waals surface area contributed by atoms with Gasteiger partial charge in [0.15, 0.2) is 0 Å². The van der Waals surface area contributed by atoms with E-state index in [1.807, 2.05) is 24.3 Å². The van der Waals surface area contributed by atoms with Gasteiger partial charge in [-0.25, -0.2) is 13.8 Å². The van der Waals surface area contributed by atoms with E-state index in [1.54, 1.807) is 11.3 Å². The number of rotatable bonds is 4. The molecule has 5 rings (SSSR count). The van der Waals surface area contributed by atoms with Crippen LogP contribution in [0.2, 0.25) is 0 Å². The third kappa shape index (κ3) is 3.39. The number of thiophene rings is 1. The minimum Gasteiger partial charge on any atom is -0.314 e. The molecule has 0 unspecified atom stereocenters. The molecule has 1 N–H and O–H groups in total. The molecule has 0 saturated heterocycles. The van der Waals surface area contributed by atoms with Crippen molar-refractivity contribution in [3.05, 3.63) is 47.4 Å². The number of hydrogen-bond acceptors (Lipinski definition) is 5. The molecule has 2 aromatic heterocycles. The second-order valence-corrected chi connectivity index (χ2v) is 9.66. The molecule has 2 aliphatic rings. The fourth-order valence-electron chi connectivity index (χ4n) is 4.08. The summed E-state index contributed by atoms with van der Waals surface area (Å²) in [7, 11) is 0. The molecule has 8 heteroatoms. The summed E-state index contributed by atoms with van der Waals surface area (Å²) >= 11 is 3.13. The lowest BCUT2D eigenvalue weighted by Crippen LogP contribution is -2.51. The van der Waals surface area contributed by atoms with Crippen molar-refractivity contribution < 1.29 is 13.6 Å². The van der Waals surface area contributed by atoms with Crippen molar-refractivity contribution in [1.82, 2.24) is 9.88 Å². The van der Waals surface area contributed by atoms with Crippen LogP contribution in [0.25, 0.3) is 20.8 Å². The first-order valence-electron chi connectivity index (χ1n) is 9.49. The van der Waals surface area contributed by atoms with Crippen LogP contribution < -0.4 is 5.32 Å². The number of para-hydroxylation sites is 1. The summed E-state index contributed by atoms with van der Waals surface area (Å²) in [6, 6.07) is 7.91. The van der Waals surface area contributed by atoms with Gasteiger partial charge in [-0.05, 0) is 30.2 Å². The molecule has 1 saturated carbocycles. The lowest BCUT2D eigenvalue weighted by atomic mass is 9.85. The Morgan fingerprint density at radius 2 is 2.10 bits per heavy atom. The maximum atomic E-state index is 13.3. The highest BCUT2D eigenvalue weighted by molar-refractivity contribution is 7.22. The number of hydrogen-bond donors (Lipinski definition) is 1. The van der Waals surface area contributed by atoms with Crippen LogP contribution in [0, 0.1) is 0 Å². The molecule has 0 radical (unpaired) electrons. The number of nitrogens with one attached hydrogen (secondary N) is 1. The summed E-state index contributed by atoms with van der Waals surface area (Å²) in [6.07, 6.45) is 1.91. The zero-order valence-electron chi connectivity index (χ0n) is 15.6. The Morgan fingerprint density at radius 3 is 2.83 bits per heavy atom. The minimum atomic E-state index is -2.52. The number of halogens is 2. The first-order chi connectivity index (χ1) is 13.9. The van der Waals surface area contributed by atoms with Crippen molar-refractivity contribution in [3.63, 3.8) is 0 Å². The SMILES string of the molecule is C=CC(=O)Nc1sc2c(c1-c1nc3ccccc3s1)CCN(C1CC(F)(F)C1)C2. The monoisotopic (exact) mass is 431 g/mol. The molecule has 0 bridgehead atoms. The Morgan fingerprint density at radius 1 is 1.31 bits per heavy atom. The number of fused-ring (bicyclic) bond motifs is 2. The highest BCUT2D eigenvalue weighted by Crippen LogP contribution is 2.48. The van der Waals surface area contributed by atoms with Crippen molar-refractivity contribution in [1.29, 1.82) is 0 Å². The first-order valence-corrected chi connectivity index (χ1v) is 11.1. The summed E-state index contributed by atoms with van der Waals surface area (Å²) < 4.78 is 27.7. The quantitative estimate of drug-likeness (QED) is 0.570. The molecule has 0 atom stereocenters. The van der Waals surface area contributed by atoms with Crippen molar-refractivity contribution in [2.45, 2.75) is 37.8 Å². The zero-order chi connectivity index (χ0) is 20.2. The van der Waals surface area contributed by atoms with Crippen molar-refractivity contribution >= 4 is 43.8 Å². The third-order valence-electron chi connectivity index (χ3n) is 5.60. The molecule has 29 heavy (non-hydrogen) atoms. The third-order valence-corrected chi connectivity index (χ3v) is 7.79. The number of amides is 1. The standard InChI is InChI=1S/C21H19F2N3OS2/c1-2-17(27)25-20-18(19-24-14-5-3-4-6-15(14)28-19)13-7-8-26(11-16(13)29-20)12-9-21(22,23)10-12/h2-6,12H,1,7-11H2,(H,25,27). The molecule has 1 amide bonds. The summed E-state index contributed by atoms with van der Waals surface area (Å²) in [5.41, 5.74) is 3.08. The van der Waals surface area contributed by atoms with Gasteiger partial charge >= 0.3 is 0 Å². The Balaban J connectivity index is 1.53. The second kappa shape index (κ2) is 6.97. The molecule has 3 aromatic rings. The number of alkyl halides is 2. The van der Waals surface area contributed by atoms with Crippen LogP contribution in [0.5, 0.6) is 0 Å². The highest BCUT2D eigenvalue weighted by atomic mass is 32.1. The smallest absolute Gasteiger partial charge is 0.251 e. The van der Waals surface area contributed by atoms with E-state index in [9.17, 15) is 13.6 Å². The van der Waals surface area contributed by atoms with Crippen LogP contribution >= 0.6 is 22.7 Å². The van der Waals surface area contributed by atoms with Gasteiger partial charge in [0, 0.05) is 42.4 Å². The Labute approximate surface area is 174 Å². The second-order valence-electron chi connectivity index (χ2n) is 7.53. The van der Waals surface area contributed by atoms with E-state index in [1.165, 1.54) is 23.0 Å². The molecule has 0 spiro atoms. The number of nitrogens with zero attached hydrogens (tertiary/aromatic N) is 2. The van der Waals surface area contributed by atoms with Crippen LogP contribution in [0.15, 0.2) is 36.9 Å². The van der Waals surface area contributed by atoms with E-state index in [2.05, 4.69) is 16.8 Å². The van der Waals surface area contributed by atoms with Gasteiger partial charge in [0.25, 0.3) is 5.92 Å². The fourth-order valence-corrected chi connectivity index (χ4v) is 6.47. The van der Waals surface area contributed by atoms with Crippen molar-refractivity contribution in [2.75, 3.05) is 11.9 Å². The molecular weight excluding hydrogens is 412 g/mol. The molecule has 1 aliphatic carbocycles. The maximum absolute atomic E-state index is 13.3. The minimum absolute atomic E-state index is 0.0571. The largest absolute Gasteiger partial charge is 0.314 e. The average Bonchev–Trinajstić information content (AvgIpc) is 3.25. The van der Waals surface area contributed by atoms with Gasteiger partial charge in [0.2, 0.25) is 5.91 Å². The van der Waals surface area contributed by atoms with Crippen LogP contribution in [0.4, 0.5) is 13.8 Å². The molecule has 1 aromatic carbocycles. The van der Waals surface area contributed by atoms with E-state index in [4.69, 9.17) is 4.98 Å². The number of benzene rings is 1. The average molecular weight is 432 g/mol. The van der Waals surface area contributed by atoms with Crippen LogP contribution in [0.1, 0.15) is 23.3 Å². The summed E-state index contributed by atoms with van der Waals surface area (Å²) in [4.78, 5) is 20.1.